The van der Waals surface area contributed by atoms with Crippen molar-refractivity contribution in [1.82, 2.24) is 20.0 Å². The molecule has 28 heavy (non-hydrogen) atoms. The third-order valence-corrected chi connectivity index (χ3v) is 5.28. The van der Waals surface area contributed by atoms with Crippen LogP contribution in [-0.2, 0) is 11.8 Å². The van der Waals surface area contributed by atoms with E-state index in [1.165, 1.54) is 5.56 Å². The highest BCUT2D eigenvalue weighted by molar-refractivity contribution is 9.10. The van der Waals surface area contributed by atoms with Crippen LogP contribution in [0.3, 0.4) is 0 Å². The third-order valence-electron chi connectivity index (χ3n) is 4.75. The Morgan fingerprint density at radius 1 is 1.36 bits per heavy atom. The summed E-state index contributed by atoms with van der Waals surface area (Å²) in [7, 11) is 1.95. The van der Waals surface area contributed by atoms with Crippen LogP contribution in [-0.4, -0.2) is 52.7 Å². The van der Waals surface area contributed by atoms with Gasteiger partial charge in [0.05, 0.1) is 12.7 Å². The number of aliphatic imine (C=N–C) groups is 1. The first kappa shape index (κ1) is 20.4. The van der Waals surface area contributed by atoms with Crippen LogP contribution in [0.25, 0.3) is 0 Å². The van der Waals surface area contributed by atoms with E-state index in [1.807, 2.05) is 42.2 Å². The monoisotopic (exact) mass is 446 g/mol. The van der Waals surface area contributed by atoms with Crippen molar-refractivity contribution in [3.05, 3.63) is 46.7 Å². The summed E-state index contributed by atoms with van der Waals surface area (Å²) >= 11 is 3.39. The molecule has 2 heterocycles. The van der Waals surface area contributed by atoms with Crippen molar-refractivity contribution >= 4 is 33.5 Å². The fraction of sp³-hybridized carbons (Fsp3) is 0.450. The molecule has 2 aromatic rings. The average molecular weight is 447 g/mol. The molecule has 0 spiro atoms. The summed E-state index contributed by atoms with van der Waals surface area (Å²) in [6.45, 7) is 5.19. The van der Waals surface area contributed by atoms with Crippen molar-refractivity contribution in [1.29, 1.82) is 0 Å². The van der Waals surface area contributed by atoms with E-state index in [4.69, 9.17) is 0 Å². The van der Waals surface area contributed by atoms with Crippen LogP contribution in [0.2, 0.25) is 0 Å². The molecule has 1 amide bonds. The molecule has 1 fully saturated rings. The minimum Gasteiger partial charge on any atom is -0.357 e. The smallest absolute Gasteiger partial charge is 0.226 e. The van der Waals surface area contributed by atoms with Gasteiger partial charge in [-0.15, -0.1) is 0 Å². The number of anilines is 1. The number of nitrogens with one attached hydrogen (secondary N) is 2. The first-order chi connectivity index (χ1) is 13.5. The molecule has 0 radical (unpaired) electrons. The number of carbonyl (C=O) groups excluding carboxylic acids is 1. The number of aromatic nitrogens is 2. The zero-order valence-corrected chi connectivity index (χ0v) is 17.9. The lowest BCUT2D eigenvalue weighted by molar-refractivity contribution is -0.116. The second kappa shape index (κ2) is 9.73. The van der Waals surface area contributed by atoms with E-state index in [2.05, 4.69) is 54.7 Å². The lowest BCUT2D eigenvalue weighted by atomic mass is 10.0. The predicted molar refractivity (Wildman–Crippen MR) is 116 cm³/mol. The molecular weight excluding hydrogens is 420 g/mol. The van der Waals surface area contributed by atoms with Crippen molar-refractivity contribution in [2.45, 2.75) is 25.7 Å². The summed E-state index contributed by atoms with van der Waals surface area (Å²) in [5, 5.41) is 10.5. The molecule has 1 aromatic heterocycles. The molecular formula is C20H27BrN6O. The normalized spacial score (nSPS) is 17.0. The Labute approximate surface area is 174 Å². The lowest BCUT2D eigenvalue weighted by Gasteiger charge is -2.21. The highest BCUT2D eigenvalue weighted by Crippen LogP contribution is 2.26. The molecule has 2 N–H and O–H groups in total. The fourth-order valence-corrected chi connectivity index (χ4v) is 3.59. The van der Waals surface area contributed by atoms with Crippen LogP contribution in [0, 0.1) is 0 Å². The summed E-state index contributed by atoms with van der Waals surface area (Å²) in [6, 6.07) is 7.56. The van der Waals surface area contributed by atoms with Gasteiger partial charge >= 0.3 is 0 Å². The maximum absolute atomic E-state index is 12.2. The van der Waals surface area contributed by atoms with E-state index in [1.54, 1.807) is 0 Å². The first-order valence-electron chi connectivity index (χ1n) is 9.62. The predicted octanol–water partition coefficient (Wildman–Crippen LogP) is 2.97. The topological polar surface area (TPSA) is 74.6 Å². The quantitative estimate of drug-likeness (QED) is 0.528. The van der Waals surface area contributed by atoms with Gasteiger partial charge in [0, 0.05) is 55.4 Å². The van der Waals surface area contributed by atoms with Gasteiger partial charge < -0.3 is 15.5 Å². The summed E-state index contributed by atoms with van der Waals surface area (Å²) in [4.78, 5) is 19.1. The number of hydrogen-bond acceptors (Lipinski definition) is 3. The Morgan fingerprint density at radius 2 is 2.14 bits per heavy atom. The molecule has 7 nitrogen and oxygen atoms in total. The Morgan fingerprint density at radius 3 is 2.82 bits per heavy atom. The standard InChI is InChI=1S/C20H27BrN6O/c1-3-22-20(27-11-9-15(14-27)16-12-24-26(2)13-16)23-10-8-19(28)25-18-6-4-17(21)5-7-18/h4-7,12-13,15H,3,8-11,14H2,1-2H3,(H,22,23)(H,25,28). The highest BCUT2D eigenvalue weighted by atomic mass is 79.9. The van der Waals surface area contributed by atoms with Gasteiger partial charge in [-0.25, -0.2) is 0 Å². The molecule has 1 aromatic carbocycles. The third kappa shape index (κ3) is 5.58. The summed E-state index contributed by atoms with van der Waals surface area (Å²) in [5.74, 6) is 1.32. The molecule has 8 heteroatoms. The highest BCUT2D eigenvalue weighted by Gasteiger charge is 2.26. The second-order valence-electron chi connectivity index (χ2n) is 6.92. The molecule has 1 aliphatic rings. The number of likely N-dealkylation sites (tertiary alicyclic amines) is 1. The van der Waals surface area contributed by atoms with Crippen LogP contribution >= 0.6 is 15.9 Å². The van der Waals surface area contributed by atoms with Gasteiger partial charge in [-0.2, -0.15) is 5.10 Å². The number of hydrogen-bond donors (Lipinski definition) is 2. The van der Waals surface area contributed by atoms with Crippen LogP contribution in [0.15, 0.2) is 46.1 Å². The maximum atomic E-state index is 12.2. The largest absolute Gasteiger partial charge is 0.357 e. The maximum Gasteiger partial charge on any atom is 0.226 e. The number of guanidine groups is 1. The first-order valence-corrected chi connectivity index (χ1v) is 10.4. The minimum atomic E-state index is -0.0309. The second-order valence-corrected chi connectivity index (χ2v) is 7.84. The van der Waals surface area contributed by atoms with Gasteiger partial charge in [0.25, 0.3) is 0 Å². The molecule has 1 aliphatic heterocycles. The zero-order chi connectivity index (χ0) is 19.9. The number of amides is 1. The van der Waals surface area contributed by atoms with E-state index < -0.39 is 0 Å². The number of benzene rings is 1. The Kier molecular flexibility index (Phi) is 7.08. The summed E-state index contributed by atoms with van der Waals surface area (Å²) in [6.07, 6.45) is 5.47. The van der Waals surface area contributed by atoms with Crippen molar-refractivity contribution in [3.8, 4) is 0 Å². The van der Waals surface area contributed by atoms with E-state index in [9.17, 15) is 4.79 Å². The summed E-state index contributed by atoms with van der Waals surface area (Å²) < 4.78 is 2.84. The molecule has 1 saturated heterocycles. The number of aryl methyl sites for hydroxylation is 1. The number of rotatable bonds is 6. The number of halogens is 1. The van der Waals surface area contributed by atoms with Crippen molar-refractivity contribution in [2.24, 2.45) is 12.0 Å². The van der Waals surface area contributed by atoms with Gasteiger partial charge in [0.15, 0.2) is 5.96 Å². The fourth-order valence-electron chi connectivity index (χ4n) is 3.32. The van der Waals surface area contributed by atoms with Gasteiger partial charge in [-0.1, -0.05) is 15.9 Å². The van der Waals surface area contributed by atoms with Crippen LogP contribution in [0.5, 0.6) is 0 Å². The molecule has 0 bridgehead atoms. The Hall–Kier alpha value is -2.35. The van der Waals surface area contributed by atoms with Crippen molar-refractivity contribution in [3.63, 3.8) is 0 Å². The van der Waals surface area contributed by atoms with Crippen molar-refractivity contribution < 1.29 is 4.79 Å². The van der Waals surface area contributed by atoms with E-state index in [0.717, 1.165) is 42.2 Å². The van der Waals surface area contributed by atoms with Gasteiger partial charge in [-0.05, 0) is 43.2 Å². The Bertz CT molecular complexity index is 816. The van der Waals surface area contributed by atoms with Gasteiger partial charge in [0.1, 0.15) is 0 Å². The van der Waals surface area contributed by atoms with Crippen LogP contribution < -0.4 is 10.6 Å². The SMILES string of the molecule is CCNC(=NCCC(=O)Nc1ccc(Br)cc1)N1CCC(c2cnn(C)c2)C1. The van der Waals surface area contributed by atoms with Gasteiger partial charge in [-0.3, -0.25) is 14.5 Å². The van der Waals surface area contributed by atoms with Crippen molar-refractivity contribution in [2.75, 3.05) is 31.5 Å². The molecule has 1 unspecified atom stereocenters. The number of carbonyl (C=O) groups is 1. The lowest BCUT2D eigenvalue weighted by Crippen LogP contribution is -2.40. The molecule has 0 saturated carbocycles. The van der Waals surface area contributed by atoms with Gasteiger partial charge in [0.2, 0.25) is 5.91 Å². The van der Waals surface area contributed by atoms with Crippen LogP contribution in [0.4, 0.5) is 5.69 Å². The zero-order valence-electron chi connectivity index (χ0n) is 16.4. The number of nitrogens with zero attached hydrogens (tertiary/aromatic N) is 4. The van der Waals surface area contributed by atoms with Crippen LogP contribution in [0.1, 0.15) is 31.2 Å². The molecule has 0 aliphatic carbocycles. The summed E-state index contributed by atoms with van der Waals surface area (Å²) in [5.41, 5.74) is 2.07. The molecule has 150 valence electrons. The Balaban J connectivity index is 1.52. The van der Waals surface area contributed by atoms with E-state index in [0.29, 0.717) is 18.9 Å². The minimum absolute atomic E-state index is 0.0309. The van der Waals surface area contributed by atoms with E-state index >= 15 is 0 Å². The molecule has 1 atom stereocenters. The average Bonchev–Trinajstić information content (AvgIpc) is 3.32. The van der Waals surface area contributed by atoms with E-state index in [-0.39, 0.29) is 5.91 Å². The molecule has 3 rings (SSSR count).